The Hall–Kier alpha value is -0.290. The van der Waals surface area contributed by atoms with Crippen molar-refractivity contribution in [2.24, 2.45) is 5.92 Å². The van der Waals surface area contributed by atoms with Gasteiger partial charge >= 0.3 is 0 Å². The Balaban J connectivity index is 1.76. The Labute approximate surface area is 104 Å². The smallest absolute Gasteiger partial charge is 0.0795 e. The molecule has 1 aromatic carbocycles. The second kappa shape index (κ2) is 3.94. The van der Waals surface area contributed by atoms with E-state index in [2.05, 4.69) is 51.8 Å². The third kappa shape index (κ3) is 1.87. The maximum absolute atomic E-state index is 5.71. The van der Waals surface area contributed by atoms with Crippen molar-refractivity contribution in [3.8, 4) is 0 Å². The number of hydrogen-bond donors (Lipinski definition) is 0. The van der Waals surface area contributed by atoms with Crippen LogP contribution in [0.5, 0.6) is 0 Å². The van der Waals surface area contributed by atoms with Gasteiger partial charge in [0.15, 0.2) is 0 Å². The molecule has 2 heterocycles. The van der Waals surface area contributed by atoms with E-state index in [1.54, 1.807) is 0 Å². The number of hydrogen-bond acceptors (Lipinski definition) is 2. The van der Waals surface area contributed by atoms with Crippen molar-refractivity contribution in [3.05, 3.63) is 27.8 Å². The van der Waals surface area contributed by atoms with Crippen LogP contribution in [-0.4, -0.2) is 25.8 Å². The monoisotopic (exact) mass is 315 g/mol. The van der Waals surface area contributed by atoms with Crippen molar-refractivity contribution in [1.82, 2.24) is 0 Å². The Bertz CT molecular complexity index is 339. The Morgan fingerprint density at radius 1 is 1.20 bits per heavy atom. The summed E-state index contributed by atoms with van der Waals surface area (Å²) >= 11 is 2.34. The largest absolute Gasteiger partial charge is 0.376 e. The molecule has 1 aromatic rings. The normalized spacial score (nSPS) is 29.5. The second-order valence-corrected chi connectivity index (χ2v) is 5.59. The lowest BCUT2D eigenvalue weighted by Crippen LogP contribution is -2.22. The van der Waals surface area contributed by atoms with E-state index in [0.29, 0.717) is 6.10 Å². The molecule has 2 nitrogen and oxygen atoms in total. The Morgan fingerprint density at radius 3 is 2.73 bits per heavy atom. The minimum Gasteiger partial charge on any atom is -0.376 e. The van der Waals surface area contributed by atoms with Gasteiger partial charge in [-0.3, -0.25) is 0 Å². The van der Waals surface area contributed by atoms with Crippen molar-refractivity contribution in [3.63, 3.8) is 0 Å². The maximum atomic E-state index is 5.71. The number of nitrogens with zero attached hydrogens (tertiary/aromatic N) is 1. The molecule has 0 aromatic heterocycles. The minimum atomic E-state index is 0.490. The summed E-state index contributed by atoms with van der Waals surface area (Å²) in [6.45, 7) is 3.21. The highest BCUT2D eigenvalue weighted by Gasteiger charge is 2.37. The SMILES string of the molecule is Ic1ccc(N2C[C@@H]3CCO[C@@H]3C2)cc1. The molecule has 0 spiro atoms. The standard InChI is InChI=1S/C12H14INO/c13-10-1-3-11(4-2-10)14-7-9-5-6-15-12(9)8-14/h1-4,9,12H,5-8H2/t9-,12+/m0/s1. The first kappa shape index (κ1) is 9.90. The van der Waals surface area contributed by atoms with Crippen molar-refractivity contribution in [1.29, 1.82) is 0 Å². The van der Waals surface area contributed by atoms with Gasteiger partial charge in [-0.1, -0.05) is 0 Å². The molecular formula is C12H14INO. The van der Waals surface area contributed by atoms with Crippen LogP contribution in [0.25, 0.3) is 0 Å². The van der Waals surface area contributed by atoms with Crippen LogP contribution in [0.2, 0.25) is 0 Å². The third-order valence-corrected chi connectivity index (χ3v) is 4.11. The highest BCUT2D eigenvalue weighted by atomic mass is 127. The zero-order valence-corrected chi connectivity index (χ0v) is 10.7. The van der Waals surface area contributed by atoms with Gasteiger partial charge in [-0.2, -0.15) is 0 Å². The summed E-state index contributed by atoms with van der Waals surface area (Å²) in [7, 11) is 0. The fourth-order valence-electron chi connectivity index (χ4n) is 2.54. The molecule has 15 heavy (non-hydrogen) atoms. The van der Waals surface area contributed by atoms with E-state index >= 15 is 0 Å². The van der Waals surface area contributed by atoms with Gasteiger partial charge in [0.1, 0.15) is 0 Å². The van der Waals surface area contributed by atoms with Crippen LogP contribution in [-0.2, 0) is 4.74 Å². The zero-order chi connectivity index (χ0) is 10.3. The molecule has 0 radical (unpaired) electrons. The summed E-state index contributed by atoms with van der Waals surface area (Å²) < 4.78 is 7.01. The predicted octanol–water partition coefficient (Wildman–Crippen LogP) is 2.52. The molecular weight excluding hydrogens is 301 g/mol. The molecule has 3 rings (SSSR count). The molecule has 0 amide bonds. The van der Waals surface area contributed by atoms with E-state index in [-0.39, 0.29) is 0 Å². The number of rotatable bonds is 1. The van der Waals surface area contributed by atoms with Gasteiger partial charge in [0.25, 0.3) is 0 Å². The molecule has 2 fully saturated rings. The lowest BCUT2D eigenvalue weighted by atomic mass is 10.1. The molecule has 80 valence electrons. The van der Waals surface area contributed by atoms with Crippen LogP contribution in [0.4, 0.5) is 5.69 Å². The molecule has 2 aliphatic rings. The van der Waals surface area contributed by atoms with Gasteiger partial charge < -0.3 is 9.64 Å². The average molecular weight is 315 g/mol. The van der Waals surface area contributed by atoms with Gasteiger partial charge in [-0.05, 0) is 53.3 Å². The van der Waals surface area contributed by atoms with E-state index in [9.17, 15) is 0 Å². The minimum absolute atomic E-state index is 0.490. The summed E-state index contributed by atoms with van der Waals surface area (Å²) in [5.74, 6) is 0.768. The lowest BCUT2D eigenvalue weighted by molar-refractivity contribution is 0.114. The van der Waals surface area contributed by atoms with Crippen LogP contribution in [0.1, 0.15) is 6.42 Å². The average Bonchev–Trinajstić information content (AvgIpc) is 2.78. The lowest BCUT2D eigenvalue weighted by Gasteiger charge is -2.19. The summed E-state index contributed by atoms with van der Waals surface area (Å²) in [5.41, 5.74) is 1.34. The molecule has 3 heteroatoms. The number of ether oxygens (including phenoxy) is 1. The molecule has 2 atom stereocenters. The first-order chi connectivity index (χ1) is 7.33. The first-order valence-electron chi connectivity index (χ1n) is 5.45. The van der Waals surface area contributed by atoms with Gasteiger partial charge in [0.2, 0.25) is 0 Å². The van der Waals surface area contributed by atoms with E-state index in [1.807, 2.05) is 0 Å². The van der Waals surface area contributed by atoms with E-state index in [1.165, 1.54) is 22.2 Å². The summed E-state index contributed by atoms with van der Waals surface area (Å²) in [6, 6.07) is 8.77. The van der Waals surface area contributed by atoms with E-state index < -0.39 is 0 Å². The molecule has 0 N–H and O–H groups in total. The van der Waals surface area contributed by atoms with Gasteiger partial charge in [0, 0.05) is 34.9 Å². The third-order valence-electron chi connectivity index (χ3n) is 3.39. The number of fused-ring (bicyclic) bond motifs is 1. The highest BCUT2D eigenvalue weighted by Crippen LogP contribution is 2.32. The molecule has 2 saturated heterocycles. The van der Waals surface area contributed by atoms with Crippen LogP contribution < -0.4 is 4.90 Å². The summed E-state index contributed by atoms with van der Waals surface area (Å²) in [5, 5.41) is 0. The predicted molar refractivity (Wildman–Crippen MR) is 69.2 cm³/mol. The zero-order valence-electron chi connectivity index (χ0n) is 8.53. The first-order valence-corrected chi connectivity index (χ1v) is 6.53. The summed E-state index contributed by atoms with van der Waals surface area (Å²) in [6.07, 6.45) is 1.73. The topological polar surface area (TPSA) is 12.5 Å². The number of benzene rings is 1. The van der Waals surface area contributed by atoms with Crippen LogP contribution in [0.3, 0.4) is 0 Å². The molecule has 0 saturated carbocycles. The summed E-state index contributed by atoms with van der Waals surface area (Å²) in [4.78, 5) is 2.45. The number of anilines is 1. The van der Waals surface area contributed by atoms with E-state index in [4.69, 9.17) is 4.74 Å². The maximum Gasteiger partial charge on any atom is 0.0795 e. The van der Waals surface area contributed by atoms with Crippen molar-refractivity contribution < 1.29 is 4.74 Å². The van der Waals surface area contributed by atoms with E-state index in [0.717, 1.165) is 19.1 Å². The molecule has 0 unspecified atom stereocenters. The molecule has 0 bridgehead atoms. The van der Waals surface area contributed by atoms with Crippen molar-refractivity contribution in [2.45, 2.75) is 12.5 Å². The molecule has 0 aliphatic carbocycles. The van der Waals surface area contributed by atoms with Crippen LogP contribution in [0.15, 0.2) is 24.3 Å². The second-order valence-electron chi connectivity index (χ2n) is 4.34. The molecule has 2 aliphatic heterocycles. The highest BCUT2D eigenvalue weighted by molar-refractivity contribution is 14.1. The van der Waals surface area contributed by atoms with Gasteiger partial charge in [-0.25, -0.2) is 0 Å². The van der Waals surface area contributed by atoms with Crippen LogP contribution in [0, 0.1) is 9.49 Å². The van der Waals surface area contributed by atoms with Crippen molar-refractivity contribution >= 4 is 28.3 Å². The Morgan fingerprint density at radius 2 is 2.00 bits per heavy atom. The van der Waals surface area contributed by atoms with Crippen molar-refractivity contribution in [2.75, 3.05) is 24.6 Å². The fourth-order valence-corrected chi connectivity index (χ4v) is 2.90. The number of halogens is 1. The Kier molecular flexibility index (Phi) is 2.60. The van der Waals surface area contributed by atoms with Gasteiger partial charge in [-0.15, -0.1) is 0 Å². The van der Waals surface area contributed by atoms with Crippen LogP contribution >= 0.6 is 22.6 Å². The quantitative estimate of drug-likeness (QED) is 0.739. The van der Waals surface area contributed by atoms with Gasteiger partial charge in [0.05, 0.1) is 6.10 Å². The fraction of sp³-hybridized carbons (Fsp3) is 0.500.